The smallest absolute Gasteiger partial charge is 0.320 e. The molecule has 1 aromatic carbocycles. The maximum atomic E-state index is 12.5. The first-order valence-electron chi connectivity index (χ1n) is 9.14. The summed E-state index contributed by atoms with van der Waals surface area (Å²) in [5, 5.41) is 16.1. The Kier molecular flexibility index (Phi) is 4.89. The first-order valence-corrected chi connectivity index (χ1v) is 9.96. The molecule has 0 fully saturated rings. The minimum absolute atomic E-state index is 0.217. The highest BCUT2D eigenvalue weighted by Crippen LogP contribution is 2.31. The maximum absolute atomic E-state index is 12.5. The Bertz CT molecular complexity index is 949. The van der Waals surface area contributed by atoms with Gasteiger partial charge in [0.25, 0.3) is 0 Å². The zero-order valence-electron chi connectivity index (χ0n) is 15.4. The first kappa shape index (κ1) is 17.7. The molecule has 3 heterocycles. The van der Waals surface area contributed by atoms with Crippen LogP contribution in [0.4, 0.5) is 9.80 Å². The normalized spacial score (nSPS) is 14.4. The van der Waals surface area contributed by atoms with Crippen LogP contribution in [-0.2, 0) is 13.0 Å². The van der Waals surface area contributed by atoms with Gasteiger partial charge >= 0.3 is 6.03 Å². The van der Waals surface area contributed by atoms with Crippen molar-refractivity contribution in [2.24, 2.45) is 0 Å². The van der Waals surface area contributed by atoms with Gasteiger partial charge in [0, 0.05) is 18.5 Å². The Morgan fingerprint density at radius 3 is 2.85 bits per heavy atom. The van der Waals surface area contributed by atoms with Crippen LogP contribution in [0.2, 0.25) is 0 Å². The monoisotopic (exact) mass is 382 g/mol. The predicted octanol–water partition coefficient (Wildman–Crippen LogP) is 3.93. The molecule has 0 saturated carbocycles. The lowest BCUT2D eigenvalue weighted by atomic mass is 10.1. The van der Waals surface area contributed by atoms with E-state index in [9.17, 15) is 4.79 Å². The summed E-state index contributed by atoms with van der Waals surface area (Å²) in [6.07, 6.45) is 3.22. The predicted molar refractivity (Wildman–Crippen MR) is 106 cm³/mol. The number of amides is 2. The molecular weight excluding hydrogens is 360 g/mol. The van der Waals surface area contributed by atoms with E-state index >= 15 is 0 Å². The summed E-state index contributed by atoms with van der Waals surface area (Å²) in [7, 11) is 0. The topological polar surface area (TPSA) is 84.7 Å². The van der Waals surface area contributed by atoms with Gasteiger partial charge in [0.15, 0.2) is 5.82 Å². The molecule has 7 nitrogen and oxygen atoms in total. The highest BCUT2D eigenvalue weighted by molar-refractivity contribution is 7.19. The number of rotatable bonds is 4. The fourth-order valence-corrected chi connectivity index (χ4v) is 4.24. The van der Waals surface area contributed by atoms with E-state index in [2.05, 4.69) is 30.4 Å². The number of nitrogens with zero attached hydrogens (tertiary/aromatic N) is 4. The first-order chi connectivity index (χ1) is 13.1. The van der Waals surface area contributed by atoms with Crippen LogP contribution in [0.1, 0.15) is 43.1 Å². The second kappa shape index (κ2) is 7.48. The summed E-state index contributed by atoms with van der Waals surface area (Å²) in [6.45, 7) is 4.75. The molecule has 0 bridgehead atoms. The number of aromatic nitrogens is 4. The number of hydrogen-bond acceptors (Lipinski definition) is 5. The third kappa shape index (κ3) is 3.71. The van der Waals surface area contributed by atoms with Gasteiger partial charge in [0.1, 0.15) is 15.8 Å². The van der Waals surface area contributed by atoms with Crippen molar-refractivity contribution < 1.29 is 4.79 Å². The minimum Gasteiger partial charge on any atom is -0.328 e. The SMILES string of the molecule is Cc1nc(-c2ccccc2)sc1NC(=O)N[C@@H](C)c1nnc2n1CCCC2. The van der Waals surface area contributed by atoms with E-state index in [1.54, 1.807) is 0 Å². The second-order valence-electron chi connectivity index (χ2n) is 6.70. The minimum atomic E-state index is -0.262. The lowest BCUT2D eigenvalue weighted by Gasteiger charge is -2.18. The molecule has 3 aromatic rings. The third-order valence-corrected chi connectivity index (χ3v) is 5.79. The summed E-state index contributed by atoms with van der Waals surface area (Å²) >= 11 is 1.47. The van der Waals surface area contributed by atoms with Crippen molar-refractivity contribution in [3.8, 4) is 10.6 Å². The quantitative estimate of drug-likeness (QED) is 0.716. The fourth-order valence-electron chi connectivity index (χ4n) is 3.27. The Labute approximate surface area is 161 Å². The maximum Gasteiger partial charge on any atom is 0.320 e. The van der Waals surface area contributed by atoms with Gasteiger partial charge in [-0.25, -0.2) is 9.78 Å². The van der Waals surface area contributed by atoms with Crippen LogP contribution < -0.4 is 10.6 Å². The van der Waals surface area contributed by atoms with E-state index in [0.29, 0.717) is 0 Å². The molecule has 0 spiro atoms. The van der Waals surface area contributed by atoms with Gasteiger partial charge in [-0.2, -0.15) is 0 Å². The molecule has 0 aliphatic carbocycles. The number of carbonyl (C=O) groups excluding carboxylic acids is 1. The molecular formula is C19H22N6OS. The summed E-state index contributed by atoms with van der Waals surface area (Å²) in [5.41, 5.74) is 1.85. The summed E-state index contributed by atoms with van der Waals surface area (Å²) < 4.78 is 2.12. The van der Waals surface area contributed by atoms with Crippen LogP contribution in [0, 0.1) is 6.92 Å². The fraction of sp³-hybridized carbons (Fsp3) is 0.368. The van der Waals surface area contributed by atoms with Crippen molar-refractivity contribution in [1.29, 1.82) is 0 Å². The van der Waals surface area contributed by atoms with Gasteiger partial charge in [0.05, 0.1) is 11.7 Å². The van der Waals surface area contributed by atoms with Crippen molar-refractivity contribution in [2.45, 2.75) is 45.7 Å². The Balaban J connectivity index is 1.44. The summed E-state index contributed by atoms with van der Waals surface area (Å²) in [6, 6.07) is 9.48. The molecule has 1 aliphatic heterocycles. The highest BCUT2D eigenvalue weighted by atomic mass is 32.1. The Morgan fingerprint density at radius 2 is 2.04 bits per heavy atom. The summed E-state index contributed by atoms with van der Waals surface area (Å²) in [5.74, 6) is 1.82. The van der Waals surface area contributed by atoms with Gasteiger partial charge in [-0.3, -0.25) is 5.32 Å². The van der Waals surface area contributed by atoms with Gasteiger partial charge in [-0.05, 0) is 26.7 Å². The number of aryl methyl sites for hydroxylation is 2. The Hall–Kier alpha value is -2.74. The number of thiazole rings is 1. The van der Waals surface area contributed by atoms with Crippen molar-refractivity contribution >= 4 is 22.4 Å². The van der Waals surface area contributed by atoms with Crippen LogP contribution in [0.5, 0.6) is 0 Å². The molecule has 1 aliphatic rings. The molecule has 1 atom stereocenters. The molecule has 2 amide bonds. The van der Waals surface area contributed by atoms with Crippen LogP contribution >= 0.6 is 11.3 Å². The van der Waals surface area contributed by atoms with Crippen molar-refractivity contribution in [1.82, 2.24) is 25.1 Å². The van der Waals surface area contributed by atoms with E-state index in [0.717, 1.165) is 58.7 Å². The number of nitrogens with one attached hydrogen (secondary N) is 2. The van der Waals surface area contributed by atoms with E-state index in [1.807, 2.05) is 44.2 Å². The number of carbonyl (C=O) groups is 1. The number of benzene rings is 1. The van der Waals surface area contributed by atoms with Crippen LogP contribution in [-0.4, -0.2) is 25.8 Å². The van der Waals surface area contributed by atoms with E-state index in [4.69, 9.17) is 0 Å². The third-order valence-electron chi connectivity index (χ3n) is 4.67. The van der Waals surface area contributed by atoms with Crippen LogP contribution in [0.3, 0.4) is 0 Å². The molecule has 0 saturated heterocycles. The van der Waals surface area contributed by atoms with Gasteiger partial charge < -0.3 is 9.88 Å². The molecule has 2 N–H and O–H groups in total. The van der Waals surface area contributed by atoms with E-state index < -0.39 is 0 Å². The standard InChI is InChI=1S/C19H22N6OS/c1-12(16-24-23-15-10-6-7-11-25(15)16)21-19(26)22-17-13(2)20-18(27-17)14-8-4-3-5-9-14/h3-5,8-9,12H,6-7,10-11H2,1-2H3,(H2,21,22,26)/t12-/m0/s1. The summed E-state index contributed by atoms with van der Waals surface area (Å²) in [4.78, 5) is 17.1. The number of fused-ring (bicyclic) bond motifs is 1. The number of anilines is 1. The van der Waals surface area contributed by atoms with Crippen molar-refractivity contribution in [2.75, 3.05) is 5.32 Å². The molecule has 0 radical (unpaired) electrons. The van der Waals surface area contributed by atoms with Crippen molar-refractivity contribution in [3.05, 3.63) is 47.7 Å². The highest BCUT2D eigenvalue weighted by Gasteiger charge is 2.22. The zero-order chi connectivity index (χ0) is 18.8. The van der Waals surface area contributed by atoms with E-state index in [1.165, 1.54) is 11.3 Å². The number of urea groups is 1. The number of hydrogen-bond donors (Lipinski definition) is 2. The average molecular weight is 382 g/mol. The molecule has 0 unspecified atom stereocenters. The molecule has 8 heteroatoms. The molecule has 4 rings (SSSR count). The molecule has 140 valence electrons. The molecule has 2 aromatic heterocycles. The largest absolute Gasteiger partial charge is 0.328 e. The average Bonchev–Trinajstić information content (AvgIpc) is 3.26. The lowest BCUT2D eigenvalue weighted by molar-refractivity contribution is 0.248. The zero-order valence-corrected chi connectivity index (χ0v) is 16.2. The van der Waals surface area contributed by atoms with Gasteiger partial charge in [0.2, 0.25) is 0 Å². The van der Waals surface area contributed by atoms with Crippen molar-refractivity contribution in [3.63, 3.8) is 0 Å². The van der Waals surface area contributed by atoms with Gasteiger partial charge in [-0.15, -0.1) is 10.2 Å². The Morgan fingerprint density at radius 1 is 1.22 bits per heavy atom. The van der Waals surface area contributed by atoms with Crippen LogP contribution in [0.25, 0.3) is 10.6 Å². The van der Waals surface area contributed by atoms with Crippen LogP contribution in [0.15, 0.2) is 30.3 Å². The lowest BCUT2D eigenvalue weighted by Crippen LogP contribution is -2.33. The van der Waals surface area contributed by atoms with Gasteiger partial charge in [-0.1, -0.05) is 41.7 Å². The molecule has 27 heavy (non-hydrogen) atoms. The van der Waals surface area contributed by atoms with E-state index in [-0.39, 0.29) is 12.1 Å². The second-order valence-corrected chi connectivity index (χ2v) is 7.70.